The summed E-state index contributed by atoms with van der Waals surface area (Å²) in [7, 11) is 1.62. The highest BCUT2D eigenvalue weighted by Gasteiger charge is 2.17. The van der Waals surface area contributed by atoms with Crippen LogP contribution in [-0.2, 0) is 0 Å². The van der Waals surface area contributed by atoms with E-state index in [0.717, 1.165) is 28.3 Å². The number of amides is 1. The van der Waals surface area contributed by atoms with Gasteiger partial charge >= 0.3 is 0 Å². The molecule has 0 fully saturated rings. The summed E-state index contributed by atoms with van der Waals surface area (Å²) in [5.41, 5.74) is 4.48. The fourth-order valence-corrected chi connectivity index (χ4v) is 2.57. The normalized spacial score (nSPS) is 12.0. The van der Waals surface area contributed by atoms with Gasteiger partial charge in [-0.05, 0) is 51.5 Å². The lowest BCUT2D eigenvalue weighted by Crippen LogP contribution is -2.27. The lowest BCUT2D eigenvalue weighted by Gasteiger charge is -2.15. The first-order chi connectivity index (χ1) is 9.93. The smallest absolute Gasteiger partial charge is 0.251 e. The Morgan fingerprint density at radius 3 is 2.57 bits per heavy atom. The zero-order chi connectivity index (χ0) is 15.6. The number of methoxy groups -OCH3 is 1. The molecule has 0 saturated heterocycles. The number of rotatable bonds is 4. The Labute approximate surface area is 124 Å². The molecule has 112 valence electrons. The summed E-state index contributed by atoms with van der Waals surface area (Å²) in [6, 6.07) is 5.31. The maximum absolute atomic E-state index is 12.3. The monoisotopic (exact) mass is 287 g/mol. The molecule has 1 unspecified atom stereocenters. The standard InChI is InChI=1S/C16H21N3O2/c1-9-8-13(6-7-14(9)21-5)16(20)17-10(2)15-11(3)18-19-12(15)4/h6-8,10H,1-5H3,(H,17,20)(H,18,19). The molecule has 1 aromatic heterocycles. The van der Waals surface area contributed by atoms with Crippen molar-refractivity contribution in [3.63, 3.8) is 0 Å². The van der Waals surface area contributed by atoms with Gasteiger partial charge in [-0.1, -0.05) is 0 Å². The van der Waals surface area contributed by atoms with Crippen molar-refractivity contribution in [2.24, 2.45) is 0 Å². The van der Waals surface area contributed by atoms with Gasteiger partial charge in [-0.3, -0.25) is 9.89 Å². The lowest BCUT2D eigenvalue weighted by molar-refractivity contribution is 0.0939. The average molecular weight is 287 g/mol. The zero-order valence-electron chi connectivity index (χ0n) is 13.1. The Morgan fingerprint density at radius 2 is 2.05 bits per heavy atom. The van der Waals surface area contributed by atoms with E-state index in [2.05, 4.69) is 15.5 Å². The maximum Gasteiger partial charge on any atom is 0.251 e. The highest BCUT2D eigenvalue weighted by Crippen LogP contribution is 2.21. The van der Waals surface area contributed by atoms with Gasteiger partial charge in [0.15, 0.2) is 0 Å². The number of ether oxygens (including phenoxy) is 1. The van der Waals surface area contributed by atoms with Crippen LogP contribution in [0.2, 0.25) is 0 Å². The topological polar surface area (TPSA) is 67.0 Å². The summed E-state index contributed by atoms with van der Waals surface area (Å²) in [5.74, 6) is 0.675. The minimum absolute atomic E-state index is 0.0985. The molecule has 1 aromatic carbocycles. The predicted octanol–water partition coefficient (Wildman–Crippen LogP) is 2.83. The van der Waals surface area contributed by atoms with Crippen molar-refractivity contribution in [1.29, 1.82) is 0 Å². The molecule has 0 saturated carbocycles. The van der Waals surface area contributed by atoms with E-state index in [-0.39, 0.29) is 11.9 Å². The van der Waals surface area contributed by atoms with E-state index in [9.17, 15) is 4.79 Å². The molecule has 21 heavy (non-hydrogen) atoms. The third-order valence-electron chi connectivity index (χ3n) is 3.62. The second kappa shape index (κ2) is 5.99. The predicted molar refractivity (Wildman–Crippen MR) is 81.7 cm³/mol. The Kier molecular flexibility index (Phi) is 4.31. The summed E-state index contributed by atoms with van der Waals surface area (Å²) in [6.07, 6.45) is 0. The molecule has 5 heteroatoms. The van der Waals surface area contributed by atoms with Crippen molar-refractivity contribution in [3.8, 4) is 5.75 Å². The highest BCUT2D eigenvalue weighted by atomic mass is 16.5. The van der Waals surface area contributed by atoms with Crippen LogP contribution < -0.4 is 10.1 Å². The Hall–Kier alpha value is -2.30. The third-order valence-corrected chi connectivity index (χ3v) is 3.62. The number of aryl methyl sites for hydroxylation is 3. The van der Waals surface area contributed by atoms with Crippen LogP contribution in [0.15, 0.2) is 18.2 Å². The van der Waals surface area contributed by atoms with Gasteiger partial charge in [0.2, 0.25) is 0 Å². The molecule has 2 aromatic rings. The molecular weight excluding hydrogens is 266 g/mol. The summed E-state index contributed by atoms with van der Waals surface area (Å²) < 4.78 is 5.21. The molecule has 0 aliphatic rings. The molecule has 0 spiro atoms. The van der Waals surface area contributed by atoms with Gasteiger partial charge in [0.05, 0.1) is 18.8 Å². The van der Waals surface area contributed by atoms with E-state index in [1.54, 1.807) is 13.2 Å². The number of nitrogens with one attached hydrogen (secondary N) is 2. The van der Waals surface area contributed by atoms with Crippen LogP contribution >= 0.6 is 0 Å². The van der Waals surface area contributed by atoms with Crippen molar-refractivity contribution < 1.29 is 9.53 Å². The minimum atomic E-state index is -0.103. The Bertz CT molecular complexity index is 642. The van der Waals surface area contributed by atoms with E-state index < -0.39 is 0 Å². The van der Waals surface area contributed by atoms with Crippen LogP contribution in [-0.4, -0.2) is 23.2 Å². The summed E-state index contributed by atoms with van der Waals surface area (Å²) in [4.78, 5) is 12.3. The van der Waals surface area contributed by atoms with Gasteiger partial charge in [0.25, 0.3) is 5.91 Å². The molecule has 0 aliphatic carbocycles. The number of aromatic nitrogens is 2. The van der Waals surface area contributed by atoms with Gasteiger partial charge in [-0.2, -0.15) is 5.10 Å². The molecular formula is C16H21N3O2. The number of benzene rings is 1. The number of hydrogen-bond donors (Lipinski definition) is 2. The van der Waals surface area contributed by atoms with Crippen LogP contribution in [0.5, 0.6) is 5.75 Å². The van der Waals surface area contributed by atoms with Gasteiger partial charge < -0.3 is 10.1 Å². The van der Waals surface area contributed by atoms with Gasteiger partial charge in [0, 0.05) is 16.8 Å². The summed E-state index contributed by atoms with van der Waals surface area (Å²) >= 11 is 0. The van der Waals surface area contributed by atoms with Crippen molar-refractivity contribution in [1.82, 2.24) is 15.5 Å². The first kappa shape index (κ1) is 15.1. The molecule has 2 N–H and O–H groups in total. The number of H-pyrrole nitrogens is 1. The fraction of sp³-hybridized carbons (Fsp3) is 0.375. The molecule has 1 amide bonds. The van der Waals surface area contributed by atoms with E-state index in [0.29, 0.717) is 5.56 Å². The van der Waals surface area contributed by atoms with Crippen molar-refractivity contribution in [2.75, 3.05) is 7.11 Å². The zero-order valence-corrected chi connectivity index (χ0v) is 13.1. The van der Waals surface area contributed by atoms with E-state index in [1.165, 1.54) is 0 Å². The molecule has 1 heterocycles. The van der Waals surface area contributed by atoms with Crippen molar-refractivity contribution >= 4 is 5.91 Å². The quantitative estimate of drug-likeness (QED) is 0.908. The molecule has 0 radical (unpaired) electrons. The van der Waals surface area contributed by atoms with Crippen molar-refractivity contribution in [2.45, 2.75) is 33.7 Å². The molecule has 1 atom stereocenters. The number of carbonyl (C=O) groups excluding carboxylic acids is 1. The average Bonchev–Trinajstić information content (AvgIpc) is 2.77. The maximum atomic E-state index is 12.3. The SMILES string of the molecule is COc1ccc(C(=O)NC(C)c2c(C)n[nH]c2C)cc1C. The number of nitrogens with zero attached hydrogens (tertiary/aromatic N) is 1. The Balaban J connectivity index is 2.16. The summed E-state index contributed by atoms with van der Waals surface area (Å²) in [5, 5.41) is 10.1. The van der Waals surface area contributed by atoms with Crippen LogP contribution in [0.1, 0.15) is 45.8 Å². The van der Waals surface area contributed by atoms with E-state index >= 15 is 0 Å². The summed E-state index contributed by atoms with van der Waals surface area (Å²) in [6.45, 7) is 7.76. The molecule has 5 nitrogen and oxygen atoms in total. The molecule has 2 rings (SSSR count). The first-order valence-electron chi connectivity index (χ1n) is 6.91. The number of carbonyl (C=O) groups is 1. The van der Waals surface area contributed by atoms with Crippen molar-refractivity contribution in [3.05, 3.63) is 46.3 Å². The molecule has 0 bridgehead atoms. The number of aromatic amines is 1. The number of hydrogen-bond acceptors (Lipinski definition) is 3. The van der Waals surface area contributed by atoms with Crippen LogP contribution in [0.25, 0.3) is 0 Å². The first-order valence-corrected chi connectivity index (χ1v) is 6.91. The lowest BCUT2D eigenvalue weighted by atomic mass is 10.1. The van der Waals surface area contributed by atoms with Gasteiger partial charge in [0.1, 0.15) is 5.75 Å². The second-order valence-electron chi connectivity index (χ2n) is 5.23. The van der Waals surface area contributed by atoms with Gasteiger partial charge in [-0.15, -0.1) is 0 Å². The third kappa shape index (κ3) is 3.07. The van der Waals surface area contributed by atoms with Crippen LogP contribution in [0.4, 0.5) is 0 Å². The Morgan fingerprint density at radius 1 is 1.33 bits per heavy atom. The highest BCUT2D eigenvalue weighted by molar-refractivity contribution is 5.94. The largest absolute Gasteiger partial charge is 0.496 e. The van der Waals surface area contributed by atoms with E-state index in [1.807, 2.05) is 39.8 Å². The fourth-order valence-electron chi connectivity index (χ4n) is 2.57. The van der Waals surface area contributed by atoms with Gasteiger partial charge in [-0.25, -0.2) is 0 Å². The second-order valence-corrected chi connectivity index (χ2v) is 5.23. The minimum Gasteiger partial charge on any atom is -0.496 e. The van der Waals surface area contributed by atoms with E-state index in [4.69, 9.17) is 4.74 Å². The molecule has 0 aliphatic heterocycles. The van der Waals surface area contributed by atoms with Crippen LogP contribution in [0.3, 0.4) is 0 Å². The van der Waals surface area contributed by atoms with Crippen LogP contribution in [0, 0.1) is 20.8 Å².